The maximum atomic E-state index is 5.89. The molecule has 0 bridgehead atoms. The summed E-state index contributed by atoms with van der Waals surface area (Å²) in [5, 5.41) is 8.52. The molecule has 0 amide bonds. The van der Waals surface area contributed by atoms with E-state index in [-0.39, 0.29) is 6.61 Å². The molecule has 0 aliphatic rings. The standard InChI is InChI=1S/C21H21N3OS/c1-3-8-19-14-18(11-12-20(19)25-13-4-2)15-23-24-21(22)26-16-17-9-6-5-7-10-17/h2-3,5-7,9-12,14-15H,1,8,13,16H2,(H2,22,24). The number of hydrogen-bond acceptors (Lipinski definition) is 4. The van der Waals surface area contributed by atoms with Crippen LogP contribution in [0.4, 0.5) is 0 Å². The lowest BCUT2D eigenvalue weighted by Gasteiger charge is -2.08. The number of nitrogens with zero attached hydrogens (tertiary/aromatic N) is 2. The Morgan fingerprint density at radius 2 is 2.08 bits per heavy atom. The molecule has 0 aromatic heterocycles. The quantitative estimate of drug-likeness (QED) is 0.253. The van der Waals surface area contributed by atoms with Gasteiger partial charge in [0.25, 0.3) is 0 Å². The van der Waals surface area contributed by atoms with Gasteiger partial charge >= 0.3 is 0 Å². The normalized spacial score (nSPS) is 11.3. The third-order valence-corrected chi connectivity index (χ3v) is 4.21. The van der Waals surface area contributed by atoms with Crippen molar-refractivity contribution in [3.05, 3.63) is 77.9 Å². The first kappa shape index (κ1) is 19.4. The van der Waals surface area contributed by atoms with Gasteiger partial charge in [0.15, 0.2) is 5.17 Å². The van der Waals surface area contributed by atoms with Crippen LogP contribution in [-0.4, -0.2) is 18.0 Å². The Bertz CT molecular complexity index is 823. The fraction of sp³-hybridized carbons (Fsp3) is 0.143. The van der Waals surface area contributed by atoms with Crippen LogP contribution >= 0.6 is 11.8 Å². The zero-order valence-corrected chi connectivity index (χ0v) is 15.3. The lowest BCUT2D eigenvalue weighted by Crippen LogP contribution is -2.06. The molecule has 132 valence electrons. The summed E-state index contributed by atoms with van der Waals surface area (Å²) in [4.78, 5) is 0. The van der Waals surface area contributed by atoms with Gasteiger partial charge in [-0.05, 0) is 41.3 Å². The van der Waals surface area contributed by atoms with Crippen molar-refractivity contribution in [1.29, 1.82) is 0 Å². The number of thioether (sulfide) groups is 1. The predicted molar refractivity (Wildman–Crippen MR) is 112 cm³/mol. The number of allylic oxidation sites excluding steroid dienone is 1. The van der Waals surface area contributed by atoms with Gasteiger partial charge in [-0.1, -0.05) is 54.1 Å². The summed E-state index contributed by atoms with van der Waals surface area (Å²) in [5.74, 6) is 3.97. The number of nitrogens with two attached hydrogens (primary N) is 1. The van der Waals surface area contributed by atoms with Crippen LogP contribution in [0.1, 0.15) is 16.7 Å². The van der Waals surface area contributed by atoms with E-state index in [1.54, 1.807) is 6.21 Å². The molecule has 4 nitrogen and oxygen atoms in total. The van der Waals surface area contributed by atoms with Crippen LogP contribution in [0.25, 0.3) is 0 Å². The monoisotopic (exact) mass is 363 g/mol. The Hall–Kier alpha value is -2.97. The van der Waals surface area contributed by atoms with Gasteiger partial charge in [0, 0.05) is 5.75 Å². The summed E-state index contributed by atoms with van der Waals surface area (Å²) < 4.78 is 5.53. The zero-order chi connectivity index (χ0) is 18.6. The van der Waals surface area contributed by atoms with Crippen molar-refractivity contribution >= 4 is 23.1 Å². The average Bonchev–Trinajstić information content (AvgIpc) is 2.67. The van der Waals surface area contributed by atoms with Gasteiger partial charge in [-0.15, -0.1) is 18.1 Å². The molecular formula is C21H21N3OS. The molecule has 0 unspecified atom stereocenters. The summed E-state index contributed by atoms with van der Waals surface area (Å²) in [5.41, 5.74) is 8.98. The number of rotatable bonds is 8. The second kappa shape index (κ2) is 10.8. The number of hydrogen-bond donors (Lipinski definition) is 1. The molecule has 0 atom stereocenters. The van der Waals surface area contributed by atoms with Crippen LogP contribution in [-0.2, 0) is 12.2 Å². The van der Waals surface area contributed by atoms with Crippen LogP contribution in [0.3, 0.4) is 0 Å². The molecule has 0 aliphatic carbocycles. The summed E-state index contributed by atoms with van der Waals surface area (Å²) >= 11 is 1.45. The maximum Gasteiger partial charge on any atom is 0.180 e. The fourth-order valence-corrected chi connectivity index (χ4v) is 2.78. The van der Waals surface area contributed by atoms with Crippen molar-refractivity contribution in [1.82, 2.24) is 0 Å². The second-order valence-corrected chi connectivity index (χ2v) is 6.31. The minimum Gasteiger partial charge on any atom is -0.481 e. The zero-order valence-electron chi connectivity index (χ0n) is 14.5. The number of ether oxygens (including phenoxy) is 1. The number of terminal acetylenes is 1. The first-order valence-electron chi connectivity index (χ1n) is 8.06. The second-order valence-electron chi connectivity index (χ2n) is 5.31. The Morgan fingerprint density at radius 1 is 1.27 bits per heavy atom. The molecule has 0 aliphatic heterocycles. The van der Waals surface area contributed by atoms with Gasteiger partial charge in [-0.2, -0.15) is 5.10 Å². The van der Waals surface area contributed by atoms with Gasteiger partial charge in [-0.3, -0.25) is 0 Å². The Morgan fingerprint density at radius 3 is 2.81 bits per heavy atom. The van der Waals surface area contributed by atoms with Crippen LogP contribution in [0.2, 0.25) is 0 Å². The molecule has 0 radical (unpaired) electrons. The van der Waals surface area contributed by atoms with E-state index >= 15 is 0 Å². The van der Waals surface area contributed by atoms with Crippen molar-refractivity contribution in [3.8, 4) is 18.1 Å². The van der Waals surface area contributed by atoms with E-state index in [1.807, 2.05) is 42.5 Å². The summed E-state index contributed by atoms with van der Waals surface area (Å²) in [6.45, 7) is 4.00. The lowest BCUT2D eigenvalue weighted by molar-refractivity contribution is 0.367. The lowest BCUT2D eigenvalue weighted by atomic mass is 10.1. The van der Waals surface area contributed by atoms with Crippen molar-refractivity contribution in [2.24, 2.45) is 15.9 Å². The largest absolute Gasteiger partial charge is 0.481 e. The molecule has 5 heteroatoms. The number of benzene rings is 2. The van der Waals surface area contributed by atoms with Crippen LogP contribution in [0, 0.1) is 12.3 Å². The van der Waals surface area contributed by atoms with Gasteiger partial charge < -0.3 is 10.5 Å². The summed E-state index contributed by atoms with van der Waals surface area (Å²) in [7, 11) is 0. The molecule has 0 saturated carbocycles. The van der Waals surface area contributed by atoms with E-state index in [2.05, 4.69) is 34.8 Å². The van der Waals surface area contributed by atoms with E-state index in [0.29, 0.717) is 11.6 Å². The Kier molecular flexibility index (Phi) is 8.04. The average molecular weight is 363 g/mol. The summed E-state index contributed by atoms with van der Waals surface area (Å²) in [6.07, 6.45) is 9.40. The van der Waals surface area contributed by atoms with Gasteiger partial charge in [0.1, 0.15) is 12.4 Å². The van der Waals surface area contributed by atoms with Crippen molar-refractivity contribution in [2.75, 3.05) is 6.61 Å². The van der Waals surface area contributed by atoms with E-state index in [4.69, 9.17) is 16.9 Å². The minimum atomic E-state index is 0.233. The molecule has 0 heterocycles. The highest BCUT2D eigenvalue weighted by Gasteiger charge is 2.03. The van der Waals surface area contributed by atoms with E-state index in [0.717, 1.165) is 22.6 Å². The summed E-state index contributed by atoms with van der Waals surface area (Å²) in [6, 6.07) is 15.8. The van der Waals surface area contributed by atoms with E-state index in [9.17, 15) is 0 Å². The van der Waals surface area contributed by atoms with Gasteiger partial charge in [0.2, 0.25) is 0 Å². The minimum absolute atomic E-state index is 0.233. The molecule has 0 spiro atoms. The molecule has 0 saturated heterocycles. The molecular weight excluding hydrogens is 342 g/mol. The molecule has 26 heavy (non-hydrogen) atoms. The fourth-order valence-electron chi connectivity index (χ4n) is 2.17. The highest BCUT2D eigenvalue weighted by atomic mass is 32.2. The molecule has 0 fully saturated rings. The molecule has 2 rings (SSSR count). The first-order chi connectivity index (χ1) is 12.7. The maximum absolute atomic E-state index is 5.89. The van der Waals surface area contributed by atoms with Crippen LogP contribution in [0.5, 0.6) is 5.75 Å². The molecule has 2 aromatic carbocycles. The van der Waals surface area contributed by atoms with Gasteiger partial charge in [0.05, 0.1) is 6.21 Å². The van der Waals surface area contributed by atoms with Crippen molar-refractivity contribution < 1.29 is 4.74 Å². The van der Waals surface area contributed by atoms with Crippen LogP contribution < -0.4 is 10.5 Å². The third kappa shape index (κ3) is 6.50. The smallest absolute Gasteiger partial charge is 0.180 e. The molecule has 2 N–H and O–H groups in total. The number of amidine groups is 1. The van der Waals surface area contributed by atoms with Crippen LogP contribution in [0.15, 0.2) is 71.4 Å². The Balaban J connectivity index is 1.98. The van der Waals surface area contributed by atoms with E-state index in [1.165, 1.54) is 17.3 Å². The predicted octanol–water partition coefficient (Wildman–Crippen LogP) is 4.01. The first-order valence-corrected chi connectivity index (χ1v) is 9.04. The van der Waals surface area contributed by atoms with E-state index < -0.39 is 0 Å². The van der Waals surface area contributed by atoms with Crippen molar-refractivity contribution in [3.63, 3.8) is 0 Å². The van der Waals surface area contributed by atoms with Crippen molar-refractivity contribution in [2.45, 2.75) is 12.2 Å². The SMILES string of the molecule is C#CCOc1ccc(C=NN=C(N)SCc2ccccc2)cc1CC=C. The topological polar surface area (TPSA) is 60.0 Å². The molecule has 2 aromatic rings. The highest BCUT2D eigenvalue weighted by Crippen LogP contribution is 2.20. The van der Waals surface area contributed by atoms with Gasteiger partial charge in [-0.25, -0.2) is 0 Å². The Labute approximate surface area is 158 Å². The highest BCUT2D eigenvalue weighted by molar-refractivity contribution is 8.13. The third-order valence-electron chi connectivity index (χ3n) is 3.35.